The molecule has 0 saturated carbocycles. The molecule has 0 heterocycles. The SMILES string of the molecule is CC[C@@H](N)C(=O)N(CCC(=O)O)C(C)(C)C. The molecule has 0 radical (unpaired) electrons. The summed E-state index contributed by atoms with van der Waals surface area (Å²) in [6.45, 7) is 7.64. The van der Waals surface area contributed by atoms with Gasteiger partial charge in [0.1, 0.15) is 0 Å². The second kappa shape index (κ2) is 5.84. The van der Waals surface area contributed by atoms with E-state index in [-0.39, 0.29) is 18.9 Å². The summed E-state index contributed by atoms with van der Waals surface area (Å²) in [5.74, 6) is -1.09. The van der Waals surface area contributed by atoms with Crippen LogP contribution in [0.25, 0.3) is 0 Å². The molecule has 0 aromatic rings. The maximum absolute atomic E-state index is 11.9. The first-order valence-electron chi connectivity index (χ1n) is 5.49. The minimum Gasteiger partial charge on any atom is -0.481 e. The Kier molecular flexibility index (Phi) is 5.44. The van der Waals surface area contributed by atoms with Crippen molar-refractivity contribution in [3.05, 3.63) is 0 Å². The summed E-state index contributed by atoms with van der Waals surface area (Å²) >= 11 is 0. The van der Waals surface area contributed by atoms with E-state index in [1.54, 1.807) is 0 Å². The molecule has 1 atom stereocenters. The van der Waals surface area contributed by atoms with Crippen LogP contribution in [-0.2, 0) is 9.59 Å². The van der Waals surface area contributed by atoms with Crippen LogP contribution in [0.1, 0.15) is 40.5 Å². The highest BCUT2D eigenvalue weighted by Crippen LogP contribution is 2.15. The Hall–Kier alpha value is -1.10. The van der Waals surface area contributed by atoms with Gasteiger partial charge in [0.2, 0.25) is 5.91 Å². The molecule has 3 N–H and O–H groups in total. The second-order valence-corrected chi connectivity index (χ2v) is 4.82. The van der Waals surface area contributed by atoms with Crippen molar-refractivity contribution in [2.75, 3.05) is 6.54 Å². The van der Waals surface area contributed by atoms with Crippen LogP contribution >= 0.6 is 0 Å². The zero-order chi connectivity index (χ0) is 12.9. The van der Waals surface area contributed by atoms with Gasteiger partial charge in [-0.15, -0.1) is 0 Å². The number of hydrogen-bond acceptors (Lipinski definition) is 3. The lowest BCUT2D eigenvalue weighted by Crippen LogP contribution is -2.52. The quantitative estimate of drug-likeness (QED) is 0.732. The Bertz CT molecular complexity index is 258. The van der Waals surface area contributed by atoms with Crippen LogP contribution in [0.4, 0.5) is 0 Å². The summed E-state index contributed by atoms with van der Waals surface area (Å²) in [6.07, 6.45) is 0.498. The van der Waals surface area contributed by atoms with E-state index in [0.29, 0.717) is 6.42 Å². The minimum atomic E-state index is -0.910. The molecule has 0 spiro atoms. The molecular weight excluding hydrogens is 208 g/mol. The van der Waals surface area contributed by atoms with E-state index in [9.17, 15) is 9.59 Å². The highest BCUT2D eigenvalue weighted by Gasteiger charge is 2.29. The van der Waals surface area contributed by atoms with Crippen molar-refractivity contribution in [1.82, 2.24) is 4.90 Å². The number of carboxylic acids is 1. The number of nitrogens with zero attached hydrogens (tertiary/aromatic N) is 1. The molecule has 0 unspecified atom stereocenters. The molecule has 0 aliphatic rings. The van der Waals surface area contributed by atoms with Gasteiger partial charge in [0.15, 0.2) is 0 Å². The van der Waals surface area contributed by atoms with Crippen LogP contribution in [0.3, 0.4) is 0 Å². The lowest BCUT2D eigenvalue weighted by molar-refractivity contribution is -0.141. The Balaban J connectivity index is 4.68. The zero-order valence-corrected chi connectivity index (χ0v) is 10.5. The topological polar surface area (TPSA) is 83.6 Å². The van der Waals surface area contributed by atoms with Gasteiger partial charge in [-0.05, 0) is 27.2 Å². The number of aliphatic carboxylic acids is 1. The molecule has 0 bridgehead atoms. The molecule has 0 rings (SSSR count). The van der Waals surface area contributed by atoms with Gasteiger partial charge in [0, 0.05) is 12.1 Å². The summed E-state index contributed by atoms with van der Waals surface area (Å²) < 4.78 is 0. The highest BCUT2D eigenvalue weighted by atomic mass is 16.4. The average Bonchev–Trinajstić information content (AvgIpc) is 2.13. The molecule has 0 aromatic carbocycles. The van der Waals surface area contributed by atoms with Crippen molar-refractivity contribution < 1.29 is 14.7 Å². The van der Waals surface area contributed by atoms with E-state index < -0.39 is 17.6 Å². The van der Waals surface area contributed by atoms with Gasteiger partial charge in [-0.25, -0.2) is 0 Å². The molecule has 5 heteroatoms. The molecule has 0 aromatic heterocycles. The molecule has 1 amide bonds. The molecule has 16 heavy (non-hydrogen) atoms. The number of rotatable bonds is 5. The van der Waals surface area contributed by atoms with Gasteiger partial charge in [-0.1, -0.05) is 6.92 Å². The maximum atomic E-state index is 11.9. The summed E-state index contributed by atoms with van der Waals surface area (Å²) in [6, 6.07) is -0.548. The van der Waals surface area contributed by atoms with Gasteiger partial charge < -0.3 is 15.7 Å². The van der Waals surface area contributed by atoms with E-state index in [1.807, 2.05) is 27.7 Å². The smallest absolute Gasteiger partial charge is 0.305 e. The van der Waals surface area contributed by atoms with Crippen LogP contribution in [0.2, 0.25) is 0 Å². The standard InChI is InChI=1S/C11H22N2O3/c1-5-8(12)10(16)13(11(2,3)4)7-6-9(14)15/h8H,5-7,12H2,1-4H3,(H,14,15)/t8-/m1/s1. The van der Waals surface area contributed by atoms with Gasteiger partial charge in [0.05, 0.1) is 12.5 Å². The van der Waals surface area contributed by atoms with Crippen molar-refractivity contribution in [3.63, 3.8) is 0 Å². The molecule has 0 aliphatic heterocycles. The first kappa shape index (κ1) is 14.9. The summed E-state index contributed by atoms with van der Waals surface area (Å²) in [5, 5.41) is 8.64. The Morgan fingerprint density at radius 2 is 1.88 bits per heavy atom. The Labute approximate surface area is 96.6 Å². The third kappa shape index (κ3) is 4.61. The molecule has 5 nitrogen and oxygen atoms in total. The largest absolute Gasteiger partial charge is 0.481 e. The van der Waals surface area contributed by atoms with Gasteiger partial charge in [-0.2, -0.15) is 0 Å². The van der Waals surface area contributed by atoms with E-state index in [1.165, 1.54) is 4.90 Å². The summed E-state index contributed by atoms with van der Waals surface area (Å²) in [5.41, 5.74) is 5.28. The van der Waals surface area contributed by atoms with Crippen LogP contribution in [0, 0.1) is 0 Å². The van der Waals surface area contributed by atoms with Crippen LogP contribution in [0.5, 0.6) is 0 Å². The number of hydrogen-bond donors (Lipinski definition) is 2. The fraction of sp³-hybridized carbons (Fsp3) is 0.818. The predicted octanol–water partition coefficient (Wildman–Crippen LogP) is 0.825. The molecule has 0 aliphatic carbocycles. The molecule has 94 valence electrons. The van der Waals surface area contributed by atoms with Crippen LogP contribution in [-0.4, -0.2) is 40.0 Å². The van der Waals surface area contributed by atoms with Crippen LogP contribution in [0.15, 0.2) is 0 Å². The first-order valence-corrected chi connectivity index (χ1v) is 5.49. The number of amides is 1. The van der Waals surface area contributed by atoms with Gasteiger partial charge in [0.25, 0.3) is 0 Å². The molecule has 0 fully saturated rings. The predicted molar refractivity (Wildman–Crippen MR) is 62.0 cm³/mol. The molecule has 0 saturated heterocycles. The maximum Gasteiger partial charge on any atom is 0.305 e. The summed E-state index contributed by atoms with van der Waals surface area (Å²) in [7, 11) is 0. The van der Waals surface area contributed by atoms with Gasteiger partial charge in [-0.3, -0.25) is 9.59 Å². The number of carboxylic acid groups (broad SMARTS) is 1. The normalized spacial score (nSPS) is 13.3. The number of carbonyl (C=O) groups is 2. The van der Waals surface area contributed by atoms with Crippen molar-refractivity contribution in [2.24, 2.45) is 5.73 Å². The van der Waals surface area contributed by atoms with Crippen LogP contribution < -0.4 is 5.73 Å². The number of nitrogens with two attached hydrogens (primary N) is 1. The van der Waals surface area contributed by atoms with Gasteiger partial charge >= 0.3 is 5.97 Å². The minimum absolute atomic E-state index is 0.0561. The fourth-order valence-corrected chi connectivity index (χ4v) is 1.36. The second-order valence-electron chi connectivity index (χ2n) is 4.82. The Morgan fingerprint density at radius 1 is 1.38 bits per heavy atom. The fourth-order valence-electron chi connectivity index (χ4n) is 1.36. The summed E-state index contributed by atoms with van der Waals surface area (Å²) in [4.78, 5) is 24.0. The molecular formula is C11H22N2O3. The van der Waals surface area contributed by atoms with Crippen molar-refractivity contribution in [2.45, 2.75) is 52.1 Å². The average molecular weight is 230 g/mol. The lowest BCUT2D eigenvalue weighted by atomic mass is 10.0. The highest BCUT2D eigenvalue weighted by molar-refractivity contribution is 5.82. The lowest BCUT2D eigenvalue weighted by Gasteiger charge is -2.37. The zero-order valence-electron chi connectivity index (χ0n) is 10.5. The van der Waals surface area contributed by atoms with Crippen molar-refractivity contribution in [1.29, 1.82) is 0 Å². The van der Waals surface area contributed by atoms with E-state index in [2.05, 4.69) is 0 Å². The Morgan fingerprint density at radius 3 is 2.19 bits per heavy atom. The van der Waals surface area contributed by atoms with E-state index in [0.717, 1.165) is 0 Å². The van der Waals surface area contributed by atoms with Crippen molar-refractivity contribution >= 4 is 11.9 Å². The van der Waals surface area contributed by atoms with E-state index in [4.69, 9.17) is 10.8 Å². The van der Waals surface area contributed by atoms with Crippen molar-refractivity contribution in [3.8, 4) is 0 Å². The van der Waals surface area contributed by atoms with E-state index >= 15 is 0 Å². The number of carbonyl (C=O) groups excluding carboxylic acids is 1. The first-order chi connectivity index (χ1) is 7.20. The third-order valence-corrected chi connectivity index (χ3v) is 2.38. The monoisotopic (exact) mass is 230 g/mol. The third-order valence-electron chi connectivity index (χ3n) is 2.38.